The van der Waals surface area contributed by atoms with Crippen molar-refractivity contribution in [3.05, 3.63) is 0 Å². The summed E-state index contributed by atoms with van der Waals surface area (Å²) >= 11 is 0. The van der Waals surface area contributed by atoms with Crippen LogP contribution in [0.1, 0.15) is 46.5 Å². The van der Waals surface area contributed by atoms with Gasteiger partial charge >= 0.3 is 0 Å². The summed E-state index contributed by atoms with van der Waals surface area (Å²) in [6.07, 6.45) is 5.31. The van der Waals surface area contributed by atoms with Gasteiger partial charge < -0.3 is 15.1 Å². The largest absolute Gasteiger partial charge is 0.313 e. The molecule has 1 rings (SSSR count). The van der Waals surface area contributed by atoms with E-state index in [0.717, 1.165) is 6.04 Å². The first-order chi connectivity index (χ1) is 8.80. The summed E-state index contributed by atoms with van der Waals surface area (Å²) in [5.74, 6) is 0. The van der Waals surface area contributed by atoms with Crippen molar-refractivity contribution < 1.29 is 0 Å². The molecule has 1 atom stereocenters. The van der Waals surface area contributed by atoms with E-state index >= 15 is 0 Å². The summed E-state index contributed by atoms with van der Waals surface area (Å²) in [6, 6.07) is 0.743. The van der Waals surface area contributed by atoms with Gasteiger partial charge in [0, 0.05) is 12.6 Å². The summed E-state index contributed by atoms with van der Waals surface area (Å²) < 4.78 is 0. The number of rotatable bonds is 9. The van der Waals surface area contributed by atoms with Crippen molar-refractivity contribution in [1.29, 1.82) is 0 Å². The van der Waals surface area contributed by atoms with Crippen molar-refractivity contribution in [1.82, 2.24) is 15.1 Å². The average Bonchev–Trinajstić information content (AvgIpc) is 2.42. The van der Waals surface area contributed by atoms with Gasteiger partial charge in [0.15, 0.2) is 0 Å². The van der Waals surface area contributed by atoms with Crippen LogP contribution in [-0.4, -0.2) is 61.7 Å². The van der Waals surface area contributed by atoms with Crippen LogP contribution in [0.2, 0.25) is 0 Å². The normalized spacial score (nSPS) is 21.7. The lowest BCUT2D eigenvalue weighted by atomic mass is 10.1. The molecule has 0 aromatic carbocycles. The fraction of sp³-hybridized carbons (Fsp3) is 1.00. The molecule has 1 unspecified atom stereocenters. The first-order valence-electron chi connectivity index (χ1n) is 7.98. The Labute approximate surface area is 114 Å². The van der Waals surface area contributed by atoms with E-state index in [-0.39, 0.29) is 0 Å². The van der Waals surface area contributed by atoms with Crippen LogP contribution >= 0.6 is 0 Å². The van der Waals surface area contributed by atoms with Crippen molar-refractivity contribution in [3.63, 3.8) is 0 Å². The fourth-order valence-corrected chi connectivity index (χ4v) is 2.83. The molecule has 1 saturated heterocycles. The van der Waals surface area contributed by atoms with Crippen molar-refractivity contribution in [2.24, 2.45) is 0 Å². The summed E-state index contributed by atoms with van der Waals surface area (Å²) in [6.45, 7) is 15.4. The van der Waals surface area contributed by atoms with Crippen molar-refractivity contribution in [3.8, 4) is 0 Å². The Morgan fingerprint density at radius 1 is 1.22 bits per heavy atom. The van der Waals surface area contributed by atoms with Gasteiger partial charge in [-0.15, -0.1) is 0 Å². The first kappa shape index (κ1) is 15.9. The van der Waals surface area contributed by atoms with Gasteiger partial charge in [-0.05, 0) is 65.0 Å². The van der Waals surface area contributed by atoms with Crippen LogP contribution in [0.3, 0.4) is 0 Å². The number of piperidine rings is 1. The highest BCUT2D eigenvalue weighted by Crippen LogP contribution is 2.10. The zero-order valence-electron chi connectivity index (χ0n) is 12.7. The molecule has 1 aliphatic rings. The molecule has 3 nitrogen and oxygen atoms in total. The number of nitrogens with zero attached hydrogens (tertiary/aromatic N) is 2. The molecule has 0 radical (unpaired) electrons. The minimum atomic E-state index is 0.743. The highest BCUT2D eigenvalue weighted by atomic mass is 15.2. The van der Waals surface area contributed by atoms with E-state index < -0.39 is 0 Å². The molecule has 1 fully saturated rings. The minimum Gasteiger partial charge on any atom is -0.313 e. The number of hydrogen-bond acceptors (Lipinski definition) is 3. The fourth-order valence-electron chi connectivity index (χ4n) is 2.83. The molecular formula is C15H33N3. The molecule has 0 amide bonds. The van der Waals surface area contributed by atoms with E-state index in [4.69, 9.17) is 0 Å². The molecule has 0 aromatic heterocycles. The molecule has 1 heterocycles. The van der Waals surface area contributed by atoms with Crippen molar-refractivity contribution >= 4 is 0 Å². The van der Waals surface area contributed by atoms with Gasteiger partial charge in [-0.3, -0.25) is 0 Å². The molecule has 0 spiro atoms. The Balaban J connectivity index is 2.13. The minimum absolute atomic E-state index is 0.743. The Bertz CT molecular complexity index is 192. The highest BCUT2D eigenvalue weighted by molar-refractivity contribution is 4.78. The van der Waals surface area contributed by atoms with Gasteiger partial charge in [0.1, 0.15) is 0 Å². The topological polar surface area (TPSA) is 18.5 Å². The number of nitrogens with one attached hydrogen (secondary N) is 1. The zero-order chi connectivity index (χ0) is 13.2. The second-order valence-electron chi connectivity index (χ2n) is 5.47. The van der Waals surface area contributed by atoms with Crippen LogP contribution < -0.4 is 5.32 Å². The van der Waals surface area contributed by atoms with Crippen LogP contribution in [0.25, 0.3) is 0 Å². The highest BCUT2D eigenvalue weighted by Gasteiger charge is 2.18. The molecule has 18 heavy (non-hydrogen) atoms. The molecule has 1 aliphatic heterocycles. The maximum Gasteiger partial charge on any atom is 0.0195 e. The van der Waals surface area contributed by atoms with Crippen LogP contribution in [0.4, 0.5) is 0 Å². The maximum absolute atomic E-state index is 3.67. The quantitative estimate of drug-likeness (QED) is 0.681. The molecular weight excluding hydrogens is 222 g/mol. The first-order valence-corrected chi connectivity index (χ1v) is 7.98. The third-order valence-electron chi connectivity index (χ3n) is 4.03. The van der Waals surface area contributed by atoms with E-state index in [2.05, 4.69) is 35.9 Å². The SMILES string of the molecule is CCCNC1CCCN(CCCN(CC)CC)C1. The Kier molecular flexibility index (Phi) is 8.64. The average molecular weight is 255 g/mol. The molecule has 1 N–H and O–H groups in total. The van der Waals surface area contributed by atoms with E-state index in [1.54, 1.807) is 0 Å². The van der Waals surface area contributed by atoms with Crippen molar-refractivity contribution in [2.75, 3.05) is 45.8 Å². The van der Waals surface area contributed by atoms with Gasteiger partial charge in [0.2, 0.25) is 0 Å². The van der Waals surface area contributed by atoms with Crippen LogP contribution in [-0.2, 0) is 0 Å². The Hall–Kier alpha value is -0.120. The third-order valence-corrected chi connectivity index (χ3v) is 4.03. The summed E-state index contributed by atoms with van der Waals surface area (Å²) in [7, 11) is 0. The van der Waals surface area contributed by atoms with Crippen LogP contribution in [0.5, 0.6) is 0 Å². The molecule has 108 valence electrons. The predicted octanol–water partition coefficient (Wildman–Crippen LogP) is 2.18. The monoisotopic (exact) mass is 255 g/mol. The predicted molar refractivity (Wildman–Crippen MR) is 80.2 cm³/mol. The molecule has 0 bridgehead atoms. The Morgan fingerprint density at radius 2 is 2.00 bits per heavy atom. The van der Waals surface area contributed by atoms with E-state index in [9.17, 15) is 0 Å². The smallest absolute Gasteiger partial charge is 0.0195 e. The standard InChI is InChI=1S/C15H33N3/c1-4-10-16-15-9-7-11-18(14-15)13-8-12-17(5-2)6-3/h15-16H,4-14H2,1-3H3. The van der Waals surface area contributed by atoms with Gasteiger partial charge in [-0.2, -0.15) is 0 Å². The maximum atomic E-state index is 3.67. The lowest BCUT2D eigenvalue weighted by Crippen LogP contribution is -2.46. The van der Waals surface area contributed by atoms with E-state index in [0.29, 0.717) is 0 Å². The number of likely N-dealkylation sites (tertiary alicyclic amines) is 1. The van der Waals surface area contributed by atoms with E-state index in [1.165, 1.54) is 71.5 Å². The lowest BCUT2D eigenvalue weighted by Gasteiger charge is -2.33. The van der Waals surface area contributed by atoms with Gasteiger partial charge in [-0.1, -0.05) is 20.8 Å². The molecule has 3 heteroatoms. The Morgan fingerprint density at radius 3 is 2.67 bits per heavy atom. The molecule has 0 aromatic rings. The molecule has 0 aliphatic carbocycles. The summed E-state index contributed by atoms with van der Waals surface area (Å²) in [4.78, 5) is 5.18. The third kappa shape index (κ3) is 6.17. The van der Waals surface area contributed by atoms with Crippen LogP contribution in [0.15, 0.2) is 0 Å². The van der Waals surface area contributed by atoms with Gasteiger partial charge in [0.25, 0.3) is 0 Å². The van der Waals surface area contributed by atoms with Crippen molar-refractivity contribution in [2.45, 2.75) is 52.5 Å². The number of hydrogen-bond donors (Lipinski definition) is 1. The van der Waals surface area contributed by atoms with E-state index in [1.807, 2.05) is 0 Å². The summed E-state index contributed by atoms with van der Waals surface area (Å²) in [5, 5.41) is 3.67. The zero-order valence-corrected chi connectivity index (χ0v) is 12.7. The van der Waals surface area contributed by atoms with Gasteiger partial charge in [0.05, 0.1) is 0 Å². The van der Waals surface area contributed by atoms with Gasteiger partial charge in [-0.25, -0.2) is 0 Å². The molecule has 0 saturated carbocycles. The second-order valence-corrected chi connectivity index (χ2v) is 5.47. The lowest BCUT2D eigenvalue weighted by molar-refractivity contribution is 0.178. The second kappa shape index (κ2) is 9.76. The van der Waals surface area contributed by atoms with Crippen LogP contribution in [0, 0.1) is 0 Å². The summed E-state index contributed by atoms with van der Waals surface area (Å²) in [5.41, 5.74) is 0.